The van der Waals surface area contributed by atoms with Gasteiger partial charge in [-0.3, -0.25) is 10.1 Å². The summed E-state index contributed by atoms with van der Waals surface area (Å²) < 4.78 is 5.01. The highest BCUT2D eigenvalue weighted by Crippen LogP contribution is 2.28. The molecule has 5 heteroatoms. The average Bonchev–Trinajstić information content (AvgIpc) is 3.31. The topological polar surface area (TPSA) is 58.6 Å². The Hall–Kier alpha value is -1.88. The van der Waals surface area contributed by atoms with Crippen LogP contribution in [0.3, 0.4) is 0 Å². The molecule has 1 saturated heterocycles. The lowest BCUT2D eigenvalue weighted by atomic mass is 10.0. The summed E-state index contributed by atoms with van der Waals surface area (Å²) in [5, 5.41) is 3.43. The van der Waals surface area contributed by atoms with E-state index in [1.807, 2.05) is 36.1 Å². The summed E-state index contributed by atoms with van der Waals surface area (Å²) in [6, 6.07) is 7.49. The first-order valence-corrected chi connectivity index (χ1v) is 9.28. The summed E-state index contributed by atoms with van der Waals surface area (Å²) in [5.41, 5.74) is 2.00. The van der Waals surface area contributed by atoms with Crippen molar-refractivity contribution >= 4 is 11.9 Å². The van der Waals surface area contributed by atoms with E-state index in [2.05, 4.69) is 5.32 Å². The number of likely N-dealkylation sites (tertiary alicyclic amines) is 1. The van der Waals surface area contributed by atoms with E-state index in [0.717, 1.165) is 36.9 Å². The minimum atomic E-state index is -0.488. The van der Waals surface area contributed by atoms with Gasteiger partial charge in [-0.25, -0.2) is 4.79 Å². The molecule has 2 aliphatic rings. The normalized spacial score (nSPS) is 22.2. The summed E-state index contributed by atoms with van der Waals surface area (Å²) in [4.78, 5) is 26.9. The van der Waals surface area contributed by atoms with Crippen LogP contribution in [0.25, 0.3) is 0 Å². The van der Waals surface area contributed by atoms with E-state index >= 15 is 0 Å². The van der Waals surface area contributed by atoms with Gasteiger partial charge in [0.05, 0.1) is 7.11 Å². The molecule has 1 aromatic carbocycles. The Balaban J connectivity index is 1.66. The van der Waals surface area contributed by atoms with E-state index in [-0.39, 0.29) is 17.9 Å². The molecule has 1 aliphatic carbocycles. The molecule has 1 N–H and O–H groups in total. The first-order chi connectivity index (χ1) is 12.1. The Labute approximate surface area is 149 Å². The molecule has 3 rings (SSSR count). The Morgan fingerprint density at radius 3 is 2.60 bits per heavy atom. The molecule has 0 bridgehead atoms. The number of aryl methyl sites for hydroxylation is 1. The maximum atomic E-state index is 12.6. The fourth-order valence-corrected chi connectivity index (χ4v) is 4.08. The van der Waals surface area contributed by atoms with Gasteiger partial charge in [-0.1, -0.05) is 37.1 Å². The third-order valence-electron chi connectivity index (χ3n) is 5.54. The van der Waals surface area contributed by atoms with Gasteiger partial charge in [0.1, 0.15) is 6.04 Å². The van der Waals surface area contributed by atoms with Crippen LogP contribution in [0.5, 0.6) is 0 Å². The molecule has 25 heavy (non-hydrogen) atoms. The van der Waals surface area contributed by atoms with Gasteiger partial charge in [-0.2, -0.15) is 0 Å². The summed E-state index contributed by atoms with van der Waals surface area (Å²) in [6.45, 7) is 3.45. The summed E-state index contributed by atoms with van der Waals surface area (Å²) in [6.07, 6.45) is 5.27. The summed E-state index contributed by atoms with van der Waals surface area (Å²) in [5.74, 6) is 0.230. The van der Waals surface area contributed by atoms with Crippen LogP contribution in [0.2, 0.25) is 0 Å². The molecule has 2 atom stereocenters. The molecule has 0 radical (unpaired) electrons. The highest BCUT2D eigenvalue weighted by atomic mass is 16.5. The SMILES string of the molecule is COC(=O)C(NC1CCN(C(=O)C2CCCC2)C1)c1ccccc1C. The van der Waals surface area contributed by atoms with Gasteiger partial charge in [0.15, 0.2) is 0 Å². The summed E-state index contributed by atoms with van der Waals surface area (Å²) >= 11 is 0. The molecule has 136 valence electrons. The number of nitrogens with zero attached hydrogens (tertiary/aromatic N) is 1. The van der Waals surface area contributed by atoms with Crippen molar-refractivity contribution in [2.24, 2.45) is 5.92 Å². The molecule has 5 nitrogen and oxygen atoms in total. The minimum Gasteiger partial charge on any atom is -0.468 e. The van der Waals surface area contributed by atoms with Crippen molar-refractivity contribution in [3.05, 3.63) is 35.4 Å². The predicted molar refractivity (Wildman–Crippen MR) is 96.0 cm³/mol. The molecule has 1 amide bonds. The maximum Gasteiger partial charge on any atom is 0.327 e. The zero-order valence-corrected chi connectivity index (χ0v) is 15.2. The van der Waals surface area contributed by atoms with Crippen molar-refractivity contribution in [1.82, 2.24) is 10.2 Å². The molecule has 0 aromatic heterocycles. The van der Waals surface area contributed by atoms with Gasteiger partial charge in [-0.15, -0.1) is 0 Å². The molecule has 1 aromatic rings. The van der Waals surface area contributed by atoms with Gasteiger partial charge in [0.25, 0.3) is 0 Å². The Morgan fingerprint density at radius 1 is 1.20 bits per heavy atom. The van der Waals surface area contributed by atoms with Crippen LogP contribution in [0.1, 0.15) is 49.3 Å². The molecule has 2 fully saturated rings. The summed E-state index contributed by atoms with van der Waals surface area (Å²) in [7, 11) is 1.42. The smallest absolute Gasteiger partial charge is 0.327 e. The van der Waals surface area contributed by atoms with Crippen molar-refractivity contribution in [3.63, 3.8) is 0 Å². The number of nitrogens with one attached hydrogen (secondary N) is 1. The number of hydrogen-bond acceptors (Lipinski definition) is 4. The number of ether oxygens (including phenoxy) is 1. The van der Waals surface area contributed by atoms with E-state index in [1.54, 1.807) is 0 Å². The standard InChI is InChI=1S/C20H28N2O3/c1-14-7-3-6-10-17(14)18(20(24)25-2)21-16-11-12-22(13-16)19(23)15-8-4-5-9-15/h3,6-7,10,15-16,18,21H,4-5,8-9,11-13H2,1-2H3. The number of methoxy groups -OCH3 is 1. The Morgan fingerprint density at radius 2 is 1.92 bits per heavy atom. The molecular weight excluding hydrogens is 316 g/mol. The van der Waals surface area contributed by atoms with Gasteiger partial charge in [0.2, 0.25) is 5.91 Å². The first kappa shape index (κ1) is 17.9. The first-order valence-electron chi connectivity index (χ1n) is 9.28. The highest BCUT2D eigenvalue weighted by molar-refractivity contribution is 5.80. The third kappa shape index (κ3) is 4.03. The number of rotatable bonds is 5. The van der Waals surface area contributed by atoms with Crippen LogP contribution in [0.4, 0.5) is 0 Å². The van der Waals surface area contributed by atoms with Crippen LogP contribution >= 0.6 is 0 Å². The van der Waals surface area contributed by atoms with Gasteiger partial charge in [0, 0.05) is 25.0 Å². The lowest BCUT2D eigenvalue weighted by molar-refractivity contribution is -0.143. The van der Waals surface area contributed by atoms with E-state index in [4.69, 9.17) is 4.74 Å². The van der Waals surface area contributed by atoms with Crippen molar-refractivity contribution in [2.45, 2.75) is 51.1 Å². The largest absolute Gasteiger partial charge is 0.468 e. The van der Waals surface area contributed by atoms with Crippen LogP contribution in [0, 0.1) is 12.8 Å². The molecule has 1 saturated carbocycles. The third-order valence-corrected chi connectivity index (χ3v) is 5.54. The van der Waals surface area contributed by atoms with Crippen LogP contribution < -0.4 is 5.32 Å². The zero-order chi connectivity index (χ0) is 17.8. The quantitative estimate of drug-likeness (QED) is 0.834. The Bertz CT molecular complexity index is 625. The maximum absolute atomic E-state index is 12.6. The lowest BCUT2D eigenvalue weighted by Gasteiger charge is -2.24. The van der Waals surface area contributed by atoms with Crippen LogP contribution in [-0.4, -0.2) is 43.0 Å². The van der Waals surface area contributed by atoms with Crippen molar-refractivity contribution < 1.29 is 14.3 Å². The van der Waals surface area contributed by atoms with Gasteiger partial charge in [-0.05, 0) is 37.3 Å². The molecule has 1 aliphatic heterocycles. The molecule has 2 unspecified atom stereocenters. The number of carbonyl (C=O) groups is 2. The minimum absolute atomic E-state index is 0.119. The number of benzene rings is 1. The monoisotopic (exact) mass is 344 g/mol. The number of hydrogen-bond donors (Lipinski definition) is 1. The van der Waals surface area contributed by atoms with Crippen molar-refractivity contribution in [2.75, 3.05) is 20.2 Å². The molecule has 1 heterocycles. The fourth-order valence-electron chi connectivity index (χ4n) is 4.08. The number of esters is 1. The predicted octanol–water partition coefficient (Wildman–Crippen LogP) is 2.59. The number of amides is 1. The second-order valence-corrected chi connectivity index (χ2v) is 7.23. The average molecular weight is 344 g/mol. The molecule has 0 spiro atoms. The molecular formula is C20H28N2O3. The lowest BCUT2D eigenvalue weighted by Crippen LogP contribution is -2.41. The van der Waals surface area contributed by atoms with E-state index in [1.165, 1.54) is 20.0 Å². The second-order valence-electron chi connectivity index (χ2n) is 7.23. The fraction of sp³-hybridized carbons (Fsp3) is 0.600. The van der Waals surface area contributed by atoms with Crippen molar-refractivity contribution in [1.29, 1.82) is 0 Å². The van der Waals surface area contributed by atoms with Crippen molar-refractivity contribution in [3.8, 4) is 0 Å². The van der Waals surface area contributed by atoms with Crippen LogP contribution in [0.15, 0.2) is 24.3 Å². The van der Waals surface area contributed by atoms with Crippen LogP contribution in [-0.2, 0) is 14.3 Å². The van der Waals surface area contributed by atoms with E-state index in [0.29, 0.717) is 12.5 Å². The van der Waals surface area contributed by atoms with E-state index < -0.39 is 6.04 Å². The highest BCUT2D eigenvalue weighted by Gasteiger charge is 2.34. The van der Waals surface area contributed by atoms with Gasteiger partial charge < -0.3 is 9.64 Å². The zero-order valence-electron chi connectivity index (χ0n) is 15.2. The van der Waals surface area contributed by atoms with Gasteiger partial charge >= 0.3 is 5.97 Å². The Kier molecular flexibility index (Phi) is 5.74. The number of carbonyl (C=O) groups excluding carboxylic acids is 2. The second kappa shape index (κ2) is 8.00. The van der Waals surface area contributed by atoms with E-state index in [9.17, 15) is 9.59 Å².